The minimum atomic E-state index is -0.266. The molecular formula is C24H20ClN3O3S. The predicted octanol–water partition coefficient (Wildman–Crippen LogP) is 5.09. The van der Waals surface area contributed by atoms with Gasteiger partial charge in [0, 0.05) is 10.7 Å². The monoisotopic (exact) mass is 465 g/mol. The van der Waals surface area contributed by atoms with Crippen LogP contribution in [-0.4, -0.2) is 28.3 Å². The lowest BCUT2D eigenvalue weighted by molar-refractivity contribution is -0.113. The molecule has 1 aromatic heterocycles. The normalized spacial score (nSPS) is 10.8. The quantitative estimate of drug-likeness (QED) is 0.317. The number of methoxy groups -OCH3 is 1. The Kier molecular flexibility index (Phi) is 6.48. The van der Waals surface area contributed by atoms with Crippen LogP contribution in [0.4, 0.5) is 5.69 Å². The smallest absolute Gasteiger partial charge is 0.266 e. The number of carbonyl (C=O) groups excluding carboxylic acids is 1. The number of aryl methyl sites for hydroxylation is 1. The second-order valence-electron chi connectivity index (χ2n) is 7.07. The largest absolute Gasteiger partial charge is 0.495 e. The van der Waals surface area contributed by atoms with Crippen LogP contribution in [0.1, 0.15) is 5.56 Å². The number of anilines is 1. The molecule has 0 atom stereocenters. The van der Waals surface area contributed by atoms with Crippen LogP contribution in [0.2, 0.25) is 5.02 Å². The number of benzene rings is 3. The number of nitrogens with one attached hydrogen (secondary N) is 1. The Morgan fingerprint density at radius 3 is 2.72 bits per heavy atom. The molecule has 162 valence electrons. The Balaban J connectivity index is 1.73. The van der Waals surface area contributed by atoms with Crippen LogP contribution in [0.15, 0.2) is 76.7 Å². The number of ether oxygens (including phenoxy) is 1. The first-order valence-corrected chi connectivity index (χ1v) is 11.2. The topological polar surface area (TPSA) is 73.2 Å². The van der Waals surface area contributed by atoms with E-state index in [1.807, 2.05) is 43.3 Å². The molecule has 0 fully saturated rings. The van der Waals surface area contributed by atoms with Gasteiger partial charge in [-0.25, -0.2) is 4.98 Å². The fraction of sp³-hybridized carbons (Fsp3) is 0.125. The first kappa shape index (κ1) is 21.9. The molecule has 32 heavy (non-hydrogen) atoms. The van der Waals surface area contributed by atoms with Gasteiger partial charge in [-0.15, -0.1) is 0 Å². The molecule has 0 bridgehead atoms. The van der Waals surface area contributed by atoms with Gasteiger partial charge in [0.1, 0.15) is 5.75 Å². The van der Waals surface area contributed by atoms with Crippen LogP contribution < -0.4 is 15.6 Å². The zero-order valence-electron chi connectivity index (χ0n) is 17.5. The van der Waals surface area contributed by atoms with Gasteiger partial charge >= 0.3 is 0 Å². The zero-order chi connectivity index (χ0) is 22.7. The summed E-state index contributed by atoms with van der Waals surface area (Å²) in [6.45, 7) is 1.96. The van der Waals surface area contributed by atoms with Gasteiger partial charge in [-0.2, -0.15) is 0 Å². The van der Waals surface area contributed by atoms with E-state index in [2.05, 4.69) is 10.3 Å². The Hall–Kier alpha value is -3.29. The van der Waals surface area contributed by atoms with Crippen molar-refractivity contribution in [2.24, 2.45) is 0 Å². The van der Waals surface area contributed by atoms with E-state index in [4.69, 9.17) is 16.3 Å². The lowest BCUT2D eigenvalue weighted by atomic mass is 10.2. The molecule has 1 N–H and O–H groups in total. The number of halogens is 1. The molecule has 4 aromatic rings. The summed E-state index contributed by atoms with van der Waals surface area (Å²) in [5, 5.41) is 4.15. The van der Waals surface area contributed by atoms with Gasteiger partial charge in [-0.05, 0) is 55.0 Å². The second kappa shape index (κ2) is 9.46. The van der Waals surface area contributed by atoms with E-state index in [-0.39, 0.29) is 17.2 Å². The fourth-order valence-electron chi connectivity index (χ4n) is 3.31. The minimum Gasteiger partial charge on any atom is -0.495 e. The van der Waals surface area contributed by atoms with Gasteiger partial charge in [0.05, 0.1) is 29.5 Å². The van der Waals surface area contributed by atoms with Gasteiger partial charge in [-0.1, -0.05) is 47.6 Å². The summed E-state index contributed by atoms with van der Waals surface area (Å²) in [7, 11) is 1.54. The number of para-hydroxylation sites is 2. The maximum Gasteiger partial charge on any atom is 0.266 e. The van der Waals surface area contributed by atoms with Crippen LogP contribution >= 0.6 is 23.4 Å². The van der Waals surface area contributed by atoms with Crippen LogP contribution in [0.25, 0.3) is 16.6 Å². The number of hydrogen-bond acceptors (Lipinski definition) is 5. The molecule has 1 heterocycles. The van der Waals surface area contributed by atoms with Crippen molar-refractivity contribution in [3.05, 3.63) is 87.7 Å². The van der Waals surface area contributed by atoms with E-state index in [1.54, 1.807) is 37.4 Å². The van der Waals surface area contributed by atoms with Gasteiger partial charge < -0.3 is 10.1 Å². The SMILES string of the molecule is COc1ccccc1-n1c(SCC(=O)Nc2cccc(C)c2)nc2cc(Cl)ccc2c1=O. The average Bonchev–Trinajstić information content (AvgIpc) is 2.77. The highest BCUT2D eigenvalue weighted by Crippen LogP contribution is 2.28. The molecular weight excluding hydrogens is 446 g/mol. The summed E-state index contributed by atoms with van der Waals surface area (Å²) in [6, 6.07) is 19.7. The first-order valence-electron chi connectivity index (χ1n) is 9.81. The van der Waals surface area contributed by atoms with Crippen molar-refractivity contribution in [2.75, 3.05) is 18.2 Å². The molecule has 0 aliphatic heterocycles. The maximum atomic E-state index is 13.4. The summed E-state index contributed by atoms with van der Waals surface area (Å²) in [6.07, 6.45) is 0. The Bertz CT molecular complexity index is 1370. The number of carbonyl (C=O) groups is 1. The molecule has 6 nitrogen and oxygen atoms in total. The number of fused-ring (bicyclic) bond motifs is 1. The molecule has 0 aliphatic carbocycles. The van der Waals surface area contributed by atoms with Gasteiger partial charge in [0.15, 0.2) is 5.16 Å². The number of nitrogens with zero attached hydrogens (tertiary/aromatic N) is 2. The molecule has 0 spiro atoms. The van der Waals surface area contributed by atoms with Crippen molar-refractivity contribution in [3.63, 3.8) is 0 Å². The highest BCUT2D eigenvalue weighted by Gasteiger charge is 2.17. The third-order valence-corrected chi connectivity index (χ3v) is 5.93. The lowest BCUT2D eigenvalue weighted by Crippen LogP contribution is -2.23. The zero-order valence-corrected chi connectivity index (χ0v) is 19.0. The molecule has 3 aromatic carbocycles. The van der Waals surface area contributed by atoms with E-state index < -0.39 is 0 Å². The molecule has 8 heteroatoms. The Morgan fingerprint density at radius 1 is 1.12 bits per heavy atom. The van der Waals surface area contributed by atoms with E-state index in [1.165, 1.54) is 16.3 Å². The summed E-state index contributed by atoms with van der Waals surface area (Å²) >= 11 is 7.29. The van der Waals surface area contributed by atoms with Gasteiger partial charge in [-0.3, -0.25) is 14.2 Å². The summed E-state index contributed by atoms with van der Waals surface area (Å²) in [4.78, 5) is 30.6. The fourth-order valence-corrected chi connectivity index (χ4v) is 4.28. The highest BCUT2D eigenvalue weighted by atomic mass is 35.5. The molecule has 1 amide bonds. The van der Waals surface area contributed by atoms with Crippen molar-refractivity contribution in [1.29, 1.82) is 0 Å². The molecule has 0 saturated carbocycles. The Labute approximate surface area is 194 Å². The molecule has 0 saturated heterocycles. The second-order valence-corrected chi connectivity index (χ2v) is 8.45. The molecule has 0 unspecified atom stereocenters. The van der Waals surface area contributed by atoms with Crippen LogP contribution in [0.5, 0.6) is 5.75 Å². The molecule has 4 rings (SSSR count). The summed E-state index contributed by atoms with van der Waals surface area (Å²) in [5.41, 5.74) is 2.52. The molecule has 0 radical (unpaired) electrons. The number of thioether (sulfide) groups is 1. The summed E-state index contributed by atoms with van der Waals surface area (Å²) < 4.78 is 6.93. The standard InChI is InChI=1S/C24H20ClN3O3S/c1-15-6-5-7-17(12-15)26-22(29)14-32-24-27-19-13-16(25)10-11-18(19)23(30)28(24)20-8-3-4-9-21(20)31-2/h3-13H,14H2,1-2H3,(H,26,29). The molecule has 0 aliphatic rings. The number of hydrogen-bond donors (Lipinski definition) is 1. The van der Waals surface area contributed by atoms with Crippen molar-refractivity contribution in [1.82, 2.24) is 9.55 Å². The minimum absolute atomic E-state index is 0.0710. The van der Waals surface area contributed by atoms with Gasteiger partial charge in [0.25, 0.3) is 5.56 Å². The van der Waals surface area contributed by atoms with Crippen LogP contribution in [0.3, 0.4) is 0 Å². The van der Waals surface area contributed by atoms with E-state index >= 15 is 0 Å². The summed E-state index contributed by atoms with van der Waals surface area (Å²) in [5.74, 6) is 0.394. The van der Waals surface area contributed by atoms with E-state index in [0.29, 0.717) is 32.5 Å². The highest BCUT2D eigenvalue weighted by molar-refractivity contribution is 7.99. The number of amides is 1. The van der Waals surface area contributed by atoms with Gasteiger partial charge in [0.2, 0.25) is 5.91 Å². The third-order valence-electron chi connectivity index (χ3n) is 4.76. The first-order chi connectivity index (χ1) is 15.5. The predicted molar refractivity (Wildman–Crippen MR) is 129 cm³/mol. The van der Waals surface area contributed by atoms with Crippen LogP contribution in [-0.2, 0) is 4.79 Å². The number of aromatic nitrogens is 2. The lowest BCUT2D eigenvalue weighted by Gasteiger charge is -2.15. The van der Waals surface area contributed by atoms with Crippen molar-refractivity contribution in [3.8, 4) is 11.4 Å². The van der Waals surface area contributed by atoms with E-state index in [9.17, 15) is 9.59 Å². The third kappa shape index (κ3) is 4.64. The Morgan fingerprint density at radius 2 is 1.94 bits per heavy atom. The van der Waals surface area contributed by atoms with Crippen molar-refractivity contribution in [2.45, 2.75) is 12.1 Å². The van der Waals surface area contributed by atoms with Crippen molar-refractivity contribution >= 4 is 45.9 Å². The average molecular weight is 466 g/mol. The van der Waals surface area contributed by atoms with E-state index in [0.717, 1.165) is 11.3 Å². The number of rotatable bonds is 6. The maximum absolute atomic E-state index is 13.4. The van der Waals surface area contributed by atoms with Crippen LogP contribution in [0, 0.1) is 6.92 Å². The van der Waals surface area contributed by atoms with Crippen molar-refractivity contribution < 1.29 is 9.53 Å².